The van der Waals surface area contributed by atoms with E-state index in [2.05, 4.69) is 12.2 Å². The predicted molar refractivity (Wildman–Crippen MR) is 138 cm³/mol. The number of carbonyl (C=O) groups is 2. The van der Waals surface area contributed by atoms with E-state index in [0.717, 1.165) is 35.2 Å². The number of para-hydroxylation sites is 1. The van der Waals surface area contributed by atoms with Gasteiger partial charge in [-0.15, -0.1) is 0 Å². The van der Waals surface area contributed by atoms with Crippen LogP contribution in [0.5, 0.6) is 0 Å². The Bertz CT molecular complexity index is 1200. The smallest absolute Gasteiger partial charge is 0.331 e. The number of urea groups is 1. The number of imide groups is 1. The lowest BCUT2D eigenvalue weighted by Gasteiger charge is -2.23. The standard InChI is InChI=1S/C28H30N4O2/c1-3-4-18-31(2)28(34)32-24-13-9-8-12-23(24)25(27(32)33)26(21-10-6-5-7-11-21)30-22-16-14-20(19-29)15-17-22/h5-17,30H,3-4,18-19,29H2,1-2H3/b26-25-. The van der Waals surface area contributed by atoms with Crippen molar-refractivity contribution >= 4 is 34.6 Å². The number of carbonyl (C=O) groups excluding carboxylic acids is 2. The van der Waals surface area contributed by atoms with Crippen LogP contribution in [-0.2, 0) is 11.3 Å². The number of fused-ring (bicyclic) bond motifs is 1. The molecule has 4 rings (SSSR count). The summed E-state index contributed by atoms with van der Waals surface area (Å²) in [5, 5.41) is 3.45. The SMILES string of the molecule is CCCCN(C)C(=O)N1C(=O)/C(=C(\Nc2ccc(CN)cc2)c2ccccc2)c2ccccc21. The van der Waals surface area contributed by atoms with Gasteiger partial charge in [0.05, 0.1) is 17.0 Å². The van der Waals surface area contributed by atoms with Gasteiger partial charge in [0, 0.05) is 31.4 Å². The molecule has 0 spiro atoms. The lowest BCUT2D eigenvalue weighted by Crippen LogP contribution is -2.43. The molecule has 174 valence electrons. The van der Waals surface area contributed by atoms with Crippen molar-refractivity contribution in [3.63, 3.8) is 0 Å². The molecule has 0 atom stereocenters. The van der Waals surface area contributed by atoms with Gasteiger partial charge in [0.1, 0.15) is 0 Å². The van der Waals surface area contributed by atoms with Crippen molar-refractivity contribution in [1.82, 2.24) is 4.90 Å². The molecule has 3 amide bonds. The number of rotatable bonds is 7. The number of nitrogens with two attached hydrogens (primary N) is 1. The van der Waals surface area contributed by atoms with Crippen molar-refractivity contribution in [1.29, 1.82) is 0 Å². The Morgan fingerprint density at radius 2 is 1.65 bits per heavy atom. The minimum absolute atomic E-state index is 0.319. The van der Waals surface area contributed by atoms with Gasteiger partial charge in [-0.25, -0.2) is 9.69 Å². The van der Waals surface area contributed by atoms with E-state index < -0.39 is 0 Å². The van der Waals surface area contributed by atoms with Crippen molar-refractivity contribution < 1.29 is 9.59 Å². The van der Waals surface area contributed by atoms with Crippen LogP contribution in [-0.4, -0.2) is 30.4 Å². The second-order valence-corrected chi connectivity index (χ2v) is 8.36. The van der Waals surface area contributed by atoms with Crippen LogP contribution in [0.4, 0.5) is 16.2 Å². The topological polar surface area (TPSA) is 78.7 Å². The highest BCUT2D eigenvalue weighted by Crippen LogP contribution is 2.41. The van der Waals surface area contributed by atoms with E-state index in [9.17, 15) is 9.59 Å². The molecule has 1 aliphatic heterocycles. The number of nitrogens with zero attached hydrogens (tertiary/aromatic N) is 2. The fourth-order valence-electron chi connectivity index (χ4n) is 4.06. The summed E-state index contributed by atoms with van der Waals surface area (Å²) in [6, 6.07) is 24.6. The van der Waals surface area contributed by atoms with Crippen LogP contribution in [0.3, 0.4) is 0 Å². The Hall–Kier alpha value is -3.90. The molecule has 3 N–H and O–H groups in total. The summed E-state index contributed by atoms with van der Waals surface area (Å²) >= 11 is 0. The molecule has 0 unspecified atom stereocenters. The van der Waals surface area contributed by atoms with Gasteiger partial charge in [-0.3, -0.25) is 4.79 Å². The average Bonchev–Trinajstić information content (AvgIpc) is 3.17. The highest BCUT2D eigenvalue weighted by atomic mass is 16.2. The van der Waals surface area contributed by atoms with Gasteiger partial charge in [-0.2, -0.15) is 0 Å². The zero-order valence-corrected chi connectivity index (χ0v) is 19.6. The summed E-state index contributed by atoms with van der Waals surface area (Å²) < 4.78 is 0. The lowest BCUT2D eigenvalue weighted by molar-refractivity contribution is -0.112. The molecule has 0 aliphatic carbocycles. The van der Waals surface area contributed by atoms with Crippen LogP contribution < -0.4 is 16.0 Å². The fourth-order valence-corrected chi connectivity index (χ4v) is 4.06. The first kappa shape index (κ1) is 23.3. The first-order valence-corrected chi connectivity index (χ1v) is 11.6. The summed E-state index contributed by atoms with van der Waals surface area (Å²) in [5.74, 6) is -0.334. The third-order valence-corrected chi connectivity index (χ3v) is 5.97. The number of hydrogen-bond donors (Lipinski definition) is 2. The van der Waals surface area contributed by atoms with Crippen LogP contribution in [0, 0.1) is 0 Å². The van der Waals surface area contributed by atoms with Gasteiger partial charge in [-0.1, -0.05) is 74.0 Å². The highest BCUT2D eigenvalue weighted by molar-refractivity contribution is 6.43. The molecule has 0 aromatic heterocycles. The third kappa shape index (κ3) is 4.58. The van der Waals surface area contributed by atoms with E-state index in [4.69, 9.17) is 5.73 Å². The van der Waals surface area contributed by atoms with Crippen molar-refractivity contribution in [3.8, 4) is 0 Å². The van der Waals surface area contributed by atoms with Crippen LogP contribution in [0.15, 0.2) is 78.9 Å². The molecule has 0 fully saturated rings. The first-order valence-electron chi connectivity index (χ1n) is 11.6. The maximum atomic E-state index is 13.9. The summed E-state index contributed by atoms with van der Waals surface area (Å²) in [4.78, 5) is 30.1. The van der Waals surface area contributed by atoms with Gasteiger partial charge >= 0.3 is 6.03 Å². The van der Waals surface area contributed by atoms with Gasteiger partial charge in [0.2, 0.25) is 0 Å². The molecule has 1 heterocycles. The van der Waals surface area contributed by atoms with E-state index >= 15 is 0 Å². The molecular formula is C28H30N4O2. The van der Waals surface area contributed by atoms with Crippen molar-refractivity contribution in [2.24, 2.45) is 5.73 Å². The molecule has 0 saturated carbocycles. The number of benzene rings is 3. The molecule has 34 heavy (non-hydrogen) atoms. The van der Waals surface area contributed by atoms with Crippen LogP contribution in [0.25, 0.3) is 11.3 Å². The van der Waals surface area contributed by atoms with Crippen molar-refractivity contribution in [2.75, 3.05) is 23.8 Å². The van der Waals surface area contributed by atoms with Crippen LogP contribution in [0.1, 0.15) is 36.5 Å². The number of anilines is 2. The van der Waals surface area contributed by atoms with Gasteiger partial charge in [0.25, 0.3) is 5.91 Å². The minimum Gasteiger partial charge on any atom is -0.354 e. The average molecular weight is 455 g/mol. The number of unbranched alkanes of at least 4 members (excludes halogenated alkanes) is 1. The summed E-state index contributed by atoms with van der Waals surface area (Å²) in [7, 11) is 1.74. The Balaban J connectivity index is 1.83. The number of amides is 3. The molecule has 3 aromatic rings. The van der Waals surface area contributed by atoms with Gasteiger partial charge in [-0.05, 0) is 35.7 Å². The molecule has 3 aromatic carbocycles. The Kier molecular flexibility index (Phi) is 7.09. The van der Waals surface area contributed by atoms with Crippen molar-refractivity contribution in [2.45, 2.75) is 26.3 Å². The van der Waals surface area contributed by atoms with Crippen LogP contribution >= 0.6 is 0 Å². The normalized spacial score (nSPS) is 14.1. The Morgan fingerprint density at radius 1 is 0.971 bits per heavy atom. The molecule has 0 radical (unpaired) electrons. The van der Waals surface area contributed by atoms with E-state index in [1.165, 1.54) is 4.90 Å². The molecule has 6 nitrogen and oxygen atoms in total. The Labute approximate surface area is 200 Å². The van der Waals surface area contributed by atoms with E-state index in [1.807, 2.05) is 78.9 Å². The first-order chi connectivity index (χ1) is 16.5. The maximum absolute atomic E-state index is 13.9. The zero-order chi connectivity index (χ0) is 24.1. The quantitative estimate of drug-likeness (QED) is 0.473. The highest BCUT2D eigenvalue weighted by Gasteiger charge is 2.39. The van der Waals surface area contributed by atoms with E-state index in [-0.39, 0.29) is 11.9 Å². The molecule has 6 heteroatoms. The second-order valence-electron chi connectivity index (χ2n) is 8.36. The molecule has 0 bridgehead atoms. The monoisotopic (exact) mass is 454 g/mol. The van der Waals surface area contributed by atoms with Crippen LogP contribution in [0.2, 0.25) is 0 Å². The van der Waals surface area contributed by atoms with Crippen molar-refractivity contribution in [3.05, 3.63) is 95.6 Å². The summed E-state index contributed by atoms with van der Waals surface area (Å²) in [6.45, 7) is 3.13. The lowest BCUT2D eigenvalue weighted by atomic mass is 10.00. The summed E-state index contributed by atoms with van der Waals surface area (Å²) in [5.41, 5.74) is 10.9. The second kappa shape index (κ2) is 10.4. The largest absolute Gasteiger partial charge is 0.354 e. The molecule has 1 aliphatic rings. The van der Waals surface area contributed by atoms with Gasteiger partial charge in [0.15, 0.2) is 0 Å². The predicted octanol–water partition coefficient (Wildman–Crippen LogP) is 5.32. The van der Waals surface area contributed by atoms with E-state index in [1.54, 1.807) is 11.9 Å². The number of nitrogens with one attached hydrogen (secondary N) is 1. The minimum atomic E-state index is -0.334. The van der Waals surface area contributed by atoms with Gasteiger partial charge < -0.3 is 16.0 Å². The maximum Gasteiger partial charge on any atom is 0.331 e. The van der Waals surface area contributed by atoms with E-state index in [0.29, 0.717) is 30.0 Å². The Morgan fingerprint density at radius 3 is 2.32 bits per heavy atom. The zero-order valence-electron chi connectivity index (χ0n) is 19.6. The summed E-state index contributed by atoms with van der Waals surface area (Å²) in [6.07, 6.45) is 1.85. The fraction of sp³-hybridized carbons (Fsp3) is 0.214. The molecular weight excluding hydrogens is 424 g/mol. The number of hydrogen-bond acceptors (Lipinski definition) is 4. The third-order valence-electron chi connectivity index (χ3n) is 5.97. The molecule has 0 saturated heterocycles.